The SMILES string of the molecule is CC(C)C(C)C(=O)[C@@H]1CCCN1. The second kappa shape index (κ2) is 4.04. The maximum absolute atomic E-state index is 11.7. The van der Waals surface area contributed by atoms with Crippen molar-refractivity contribution in [2.24, 2.45) is 11.8 Å². The third kappa shape index (κ3) is 2.07. The van der Waals surface area contributed by atoms with Gasteiger partial charge in [0.25, 0.3) is 0 Å². The molecule has 0 spiro atoms. The zero-order valence-corrected chi connectivity index (χ0v) is 8.26. The average Bonchev–Trinajstić information content (AvgIpc) is 2.53. The van der Waals surface area contributed by atoms with Gasteiger partial charge in [0, 0.05) is 5.92 Å². The van der Waals surface area contributed by atoms with E-state index in [-0.39, 0.29) is 12.0 Å². The second-order valence-corrected chi connectivity index (χ2v) is 4.08. The molecular formula is C10H19NO. The van der Waals surface area contributed by atoms with Gasteiger partial charge in [-0.05, 0) is 25.3 Å². The smallest absolute Gasteiger partial charge is 0.152 e. The van der Waals surface area contributed by atoms with Crippen LogP contribution in [0.25, 0.3) is 0 Å². The molecule has 0 aromatic rings. The highest BCUT2D eigenvalue weighted by Gasteiger charge is 2.27. The molecule has 2 heteroatoms. The molecule has 0 aliphatic carbocycles. The molecule has 1 aliphatic rings. The minimum Gasteiger partial charge on any atom is -0.307 e. The first-order valence-corrected chi connectivity index (χ1v) is 4.90. The Morgan fingerprint density at radius 2 is 2.08 bits per heavy atom. The number of carbonyl (C=O) groups is 1. The number of hydrogen-bond acceptors (Lipinski definition) is 2. The lowest BCUT2D eigenvalue weighted by atomic mass is 9.89. The van der Waals surface area contributed by atoms with Crippen LogP contribution >= 0.6 is 0 Å². The summed E-state index contributed by atoms with van der Waals surface area (Å²) in [5.74, 6) is 1.09. The molecule has 0 bridgehead atoms. The molecule has 1 rings (SSSR count). The Morgan fingerprint density at radius 1 is 1.42 bits per heavy atom. The van der Waals surface area contributed by atoms with E-state index in [1.807, 2.05) is 6.92 Å². The molecule has 2 nitrogen and oxygen atoms in total. The van der Waals surface area contributed by atoms with Crippen LogP contribution in [0.1, 0.15) is 33.6 Å². The highest BCUT2D eigenvalue weighted by Crippen LogP contribution is 2.17. The third-order valence-electron chi connectivity index (χ3n) is 2.85. The molecule has 1 N–H and O–H groups in total. The van der Waals surface area contributed by atoms with E-state index in [1.165, 1.54) is 0 Å². The molecular weight excluding hydrogens is 150 g/mol. The quantitative estimate of drug-likeness (QED) is 0.695. The van der Waals surface area contributed by atoms with Crippen LogP contribution in [0.15, 0.2) is 0 Å². The van der Waals surface area contributed by atoms with Crippen LogP contribution in [0.3, 0.4) is 0 Å². The van der Waals surface area contributed by atoms with Crippen molar-refractivity contribution in [3.63, 3.8) is 0 Å². The van der Waals surface area contributed by atoms with Gasteiger partial charge in [-0.1, -0.05) is 20.8 Å². The van der Waals surface area contributed by atoms with Crippen molar-refractivity contribution < 1.29 is 4.79 Å². The van der Waals surface area contributed by atoms with E-state index < -0.39 is 0 Å². The van der Waals surface area contributed by atoms with Gasteiger partial charge in [0.15, 0.2) is 5.78 Å². The highest BCUT2D eigenvalue weighted by atomic mass is 16.1. The largest absolute Gasteiger partial charge is 0.307 e. The van der Waals surface area contributed by atoms with E-state index in [2.05, 4.69) is 19.2 Å². The molecule has 2 atom stereocenters. The van der Waals surface area contributed by atoms with Crippen molar-refractivity contribution in [3.8, 4) is 0 Å². The van der Waals surface area contributed by atoms with E-state index in [4.69, 9.17) is 0 Å². The molecule has 0 radical (unpaired) electrons. The Morgan fingerprint density at radius 3 is 2.50 bits per heavy atom. The van der Waals surface area contributed by atoms with Gasteiger partial charge in [-0.3, -0.25) is 4.79 Å². The summed E-state index contributed by atoms with van der Waals surface area (Å²) in [6, 6.07) is 0.155. The second-order valence-electron chi connectivity index (χ2n) is 4.08. The minimum absolute atomic E-state index is 0.155. The lowest BCUT2D eigenvalue weighted by molar-refractivity contribution is -0.125. The number of ketones is 1. The fourth-order valence-electron chi connectivity index (χ4n) is 1.57. The van der Waals surface area contributed by atoms with Crippen LogP contribution in [-0.2, 0) is 4.79 Å². The molecule has 1 heterocycles. The summed E-state index contributed by atoms with van der Waals surface area (Å²) < 4.78 is 0. The van der Waals surface area contributed by atoms with Crippen molar-refractivity contribution in [2.75, 3.05) is 6.54 Å². The molecule has 0 aromatic heterocycles. The van der Waals surface area contributed by atoms with E-state index in [1.54, 1.807) is 0 Å². The van der Waals surface area contributed by atoms with Gasteiger partial charge >= 0.3 is 0 Å². The van der Waals surface area contributed by atoms with Crippen molar-refractivity contribution in [3.05, 3.63) is 0 Å². The first kappa shape index (κ1) is 9.72. The Hall–Kier alpha value is -0.370. The molecule has 0 aromatic carbocycles. The van der Waals surface area contributed by atoms with Crippen LogP contribution < -0.4 is 5.32 Å². The zero-order valence-electron chi connectivity index (χ0n) is 8.26. The summed E-state index contributed by atoms with van der Waals surface area (Å²) >= 11 is 0. The van der Waals surface area contributed by atoms with Crippen LogP contribution in [0.5, 0.6) is 0 Å². The standard InChI is InChI=1S/C10H19NO/c1-7(2)8(3)10(12)9-5-4-6-11-9/h7-9,11H,4-6H2,1-3H3/t8?,9-/m0/s1. The summed E-state index contributed by atoms with van der Waals surface area (Å²) in [5.41, 5.74) is 0. The molecule has 0 amide bonds. The Kier molecular flexibility index (Phi) is 3.27. The number of hydrogen-bond donors (Lipinski definition) is 1. The van der Waals surface area contributed by atoms with E-state index in [0.717, 1.165) is 19.4 Å². The van der Waals surface area contributed by atoms with E-state index in [9.17, 15) is 4.79 Å². The van der Waals surface area contributed by atoms with Crippen LogP contribution in [0, 0.1) is 11.8 Å². The normalized spacial score (nSPS) is 26.2. The fraction of sp³-hybridized carbons (Fsp3) is 0.900. The summed E-state index contributed by atoms with van der Waals surface area (Å²) in [7, 11) is 0. The summed E-state index contributed by atoms with van der Waals surface area (Å²) in [4.78, 5) is 11.7. The first-order chi connectivity index (χ1) is 5.63. The lowest BCUT2D eigenvalue weighted by Crippen LogP contribution is -2.36. The van der Waals surface area contributed by atoms with Crippen molar-refractivity contribution >= 4 is 5.78 Å². The maximum atomic E-state index is 11.7. The summed E-state index contributed by atoms with van der Waals surface area (Å²) in [6.07, 6.45) is 2.19. The van der Waals surface area contributed by atoms with Crippen molar-refractivity contribution in [2.45, 2.75) is 39.7 Å². The minimum atomic E-state index is 0.155. The van der Waals surface area contributed by atoms with Crippen LogP contribution in [-0.4, -0.2) is 18.4 Å². The number of rotatable bonds is 3. The van der Waals surface area contributed by atoms with Gasteiger partial charge < -0.3 is 5.32 Å². The van der Waals surface area contributed by atoms with E-state index in [0.29, 0.717) is 11.7 Å². The van der Waals surface area contributed by atoms with Gasteiger partial charge in [0.2, 0.25) is 0 Å². The van der Waals surface area contributed by atoms with Gasteiger partial charge in [0.1, 0.15) is 0 Å². The number of carbonyl (C=O) groups excluding carboxylic acids is 1. The molecule has 70 valence electrons. The predicted octanol–water partition coefficient (Wildman–Crippen LogP) is 1.60. The summed E-state index contributed by atoms with van der Waals surface area (Å²) in [6.45, 7) is 7.27. The van der Waals surface area contributed by atoms with Gasteiger partial charge in [-0.2, -0.15) is 0 Å². The highest BCUT2D eigenvalue weighted by molar-refractivity contribution is 5.86. The van der Waals surface area contributed by atoms with Crippen molar-refractivity contribution in [1.29, 1.82) is 0 Å². The molecule has 1 aliphatic heterocycles. The van der Waals surface area contributed by atoms with Gasteiger partial charge in [0.05, 0.1) is 6.04 Å². The molecule has 1 unspecified atom stereocenters. The lowest BCUT2D eigenvalue weighted by Gasteiger charge is -2.18. The van der Waals surface area contributed by atoms with Crippen molar-refractivity contribution in [1.82, 2.24) is 5.32 Å². The zero-order chi connectivity index (χ0) is 9.14. The van der Waals surface area contributed by atoms with E-state index >= 15 is 0 Å². The number of Topliss-reactive ketones (excluding diaryl/α,β-unsaturated/α-hetero) is 1. The van der Waals surface area contributed by atoms with Gasteiger partial charge in [-0.25, -0.2) is 0 Å². The number of nitrogens with one attached hydrogen (secondary N) is 1. The monoisotopic (exact) mass is 169 g/mol. The Balaban J connectivity index is 2.45. The predicted molar refractivity (Wildman–Crippen MR) is 50.0 cm³/mol. The van der Waals surface area contributed by atoms with Crippen LogP contribution in [0.4, 0.5) is 0 Å². The maximum Gasteiger partial charge on any atom is 0.152 e. The van der Waals surface area contributed by atoms with Gasteiger partial charge in [-0.15, -0.1) is 0 Å². The fourth-order valence-corrected chi connectivity index (χ4v) is 1.57. The topological polar surface area (TPSA) is 29.1 Å². The molecule has 12 heavy (non-hydrogen) atoms. The average molecular weight is 169 g/mol. The third-order valence-corrected chi connectivity index (χ3v) is 2.85. The molecule has 0 saturated carbocycles. The Labute approximate surface area is 74.7 Å². The molecule has 1 fully saturated rings. The summed E-state index contributed by atoms with van der Waals surface area (Å²) in [5, 5.41) is 3.24. The molecule has 1 saturated heterocycles. The van der Waals surface area contributed by atoms with Crippen LogP contribution in [0.2, 0.25) is 0 Å². The Bertz CT molecular complexity index is 155. The first-order valence-electron chi connectivity index (χ1n) is 4.90.